The number of carbonyl (C=O) groups is 3. The molecule has 0 saturated carbocycles. The monoisotopic (exact) mass is 515 g/mol. The van der Waals surface area contributed by atoms with Gasteiger partial charge in [0.1, 0.15) is 6.04 Å². The van der Waals surface area contributed by atoms with Crippen molar-refractivity contribution in [3.05, 3.63) is 101 Å². The molecule has 1 atom stereocenters. The summed E-state index contributed by atoms with van der Waals surface area (Å²) in [5.74, 6) is 4.56. The third kappa shape index (κ3) is 8.16. The summed E-state index contributed by atoms with van der Waals surface area (Å²) in [7, 11) is 0. The van der Waals surface area contributed by atoms with Gasteiger partial charge in [-0.25, -0.2) is 10.3 Å². The van der Waals surface area contributed by atoms with Crippen LogP contribution in [0, 0.1) is 11.8 Å². The van der Waals surface area contributed by atoms with Gasteiger partial charge in [0.05, 0.1) is 5.54 Å². The molecular weight excluding hydrogens is 486 g/mol. The molecule has 0 aliphatic carbocycles. The van der Waals surface area contributed by atoms with Crippen molar-refractivity contribution in [2.45, 2.75) is 38.5 Å². The number of carbonyl (C=O) groups excluding carboxylic acids is 2. The minimum atomic E-state index is -1.40. The molecule has 3 amide bonds. The molecule has 0 radical (unpaired) electrons. The predicted octanol–water partition coefficient (Wildman–Crippen LogP) is 2.42. The van der Waals surface area contributed by atoms with Crippen molar-refractivity contribution in [3.63, 3.8) is 0 Å². The Morgan fingerprint density at radius 1 is 0.868 bits per heavy atom. The molecular formula is C28H29N5O5. The fourth-order valence-electron chi connectivity index (χ4n) is 3.61. The maximum Gasteiger partial charge on any atom is 0.405 e. The molecule has 1 aromatic heterocycles. The smallest absolute Gasteiger partial charge is 0.405 e. The number of pyridine rings is 1. The number of benzene rings is 2. The van der Waals surface area contributed by atoms with E-state index >= 15 is 0 Å². The molecule has 0 aliphatic heterocycles. The van der Waals surface area contributed by atoms with Crippen LogP contribution in [0.25, 0.3) is 0 Å². The second-order valence-corrected chi connectivity index (χ2v) is 9.02. The molecule has 3 rings (SSSR count). The van der Waals surface area contributed by atoms with Crippen LogP contribution in [0.5, 0.6) is 0 Å². The topological polar surface area (TPSA) is 153 Å². The second kappa shape index (κ2) is 13.0. The van der Waals surface area contributed by atoms with E-state index in [0.29, 0.717) is 5.56 Å². The molecule has 1 heterocycles. The van der Waals surface area contributed by atoms with E-state index in [9.17, 15) is 14.4 Å². The summed E-state index contributed by atoms with van der Waals surface area (Å²) >= 11 is 0. The van der Waals surface area contributed by atoms with Crippen LogP contribution < -0.4 is 21.4 Å². The van der Waals surface area contributed by atoms with E-state index in [0.717, 1.165) is 24.2 Å². The van der Waals surface area contributed by atoms with Crippen LogP contribution >= 0.6 is 0 Å². The largest absolute Gasteiger partial charge is 0.465 e. The first-order chi connectivity index (χ1) is 18.2. The number of amides is 3. The van der Waals surface area contributed by atoms with Gasteiger partial charge in [0.15, 0.2) is 0 Å². The van der Waals surface area contributed by atoms with Crippen LogP contribution in [0.15, 0.2) is 73.1 Å². The van der Waals surface area contributed by atoms with E-state index in [-0.39, 0.29) is 5.56 Å². The molecule has 0 spiro atoms. The lowest BCUT2D eigenvalue weighted by Gasteiger charge is -2.33. The number of hydroxylamine groups is 1. The summed E-state index contributed by atoms with van der Waals surface area (Å²) in [4.78, 5) is 39.8. The molecule has 196 valence electrons. The van der Waals surface area contributed by atoms with E-state index < -0.39 is 29.5 Å². The Bertz CT molecular complexity index is 1310. The normalized spacial score (nSPS) is 11.4. The number of nitrogens with one attached hydrogen (secondary N) is 4. The lowest BCUT2D eigenvalue weighted by atomic mass is 9.93. The van der Waals surface area contributed by atoms with E-state index in [1.165, 1.54) is 24.9 Å². The van der Waals surface area contributed by atoms with E-state index in [1.54, 1.807) is 36.7 Å². The predicted molar refractivity (Wildman–Crippen MR) is 140 cm³/mol. The Morgan fingerprint density at radius 3 is 1.92 bits per heavy atom. The Balaban J connectivity index is 1.58. The zero-order valence-corrected chi connectivity index (χ0v) is 21.0. The zero-order valence-electron chi connectivity index (χ0n) is 21.0. The first-order valence-corrected chi connectivity index (χ1v) is 11.7. The molecule has 10 heteroatoms. The van der Waals surface area contributed by atoms with Crippen molar-refractivity contribution in [1.82, 2.24) is 26.4 Å². The summed E-state index contributed by atoms with van der Waals surface area (Å²) in [5, 5.41) is 26.0. The van der Waals surface area contributed by atoms with E-state index in [4.69, 9.17) is 10.3 Å². The second-order valence-electron chi connectivity index (χ2n) is 9.02. The highest BCUT2D eigenvalue weighted by atomic mass is 16.5. The van der Waals surface area contributed by atoms with Gasteiger partial charge in [0.2, 0.25) is 0 Å². The molecule has 0 aliphatic rings. The molecule has 38 heavy (non-hydrogen) atoms. The number of nitrogens with zero attached hydrogens (tertiary/aromatic N) is 1. The quantitative estimate of drug-likeness (QED) is 0.145. The Kier molecular flexibility index (Phi) is 9.54. The molecule has 2 aromatic carbocycles. The summed E-state index contributed by atoms with van der Waals surface area (Å²) in [6.45, 7) is 4.30. The Labute approximate surface area is 220 Å². The average molecular weight is 516 g/mol. The number of hydrogen-bond acceptors (Lipinski definition) is 6. The van der Waals surface area contributed by atoms with Gasteiger partial charge >= 0.3 is 6.09 Å². The molecule has 6 N–H and O–H groups in total. The maximum atomic E-state index is 12.7. The van der Waals surface area contributed by atoms with Crippen molar-refractivity contribution in [2.75, 3.05) is 0 Å². The fourth-order valence-corrected chi connectivity index (χ4v) is 3.61. The number of carboxylic acid groups (broad SMARTS) is 1. The van der Waals surface area contributed by atoms with Gasteiger partial charge in [0.25, 0.3) is 11.8 Å². The zero-order chi connectivity index (χ0) is 27.5. The van der Waals surface area contributed by atoms with Gasteiger partial charge in [-0.05, 0) is 73.5 Å². The molecule has 3 aromatic rings. The van der Waals surface area contributed by atoms with Crippen molar-refractivity contribution >= 4 is 17.9 Å². The van der Waals surface area contributed by atoms with Crippen LogP contribution in [-0.2, 0) is 17.9 Å². The van der Waals surface area contributed by atoms with Crippen molar-refractivity contribution in [1.29, 1.82) is 0 Å². The SMILES string of the molecule is CC(C)(NC(=O)O)[C@H](NC(=O)c1ccc(C#Cc2ccc(CNCc3ccncc3)cc2)cc1)C(=O)NO. The van der Waals surface area contributed by atoms with Gasteiger partial charge in [-0.2, -0.15) is 0 Å². The Hall–Kier alpha value is -4.72. The highest BCUT2D eigenvalue weighted by molar-refractivity contribution is 5.98. The van der Waals surface area contributed by atoms with Gasteiger partial charge in [-0.15, -0.1) is 0 Å². The van der Waals surface area contributed by atoms with Gasteiger partial charge in [-0.3, -0.25) is 19.8 Å². The van der Waals surface area contributed by atoms with E-state index in [2.05, 4.69) is 32.8 Å². The molecule has 0 unspecified atom stereocenters. The lowest BCUT2D eigenvalue weighted by Crippen LogP contribution is -2.64. The van der Waals surface area contributed by atoms with Crippen LogP contribution in [0.1, 0.15) is 46.5 Å². The van der Waals surface area contributed by atoms with Crippen LogP contribution in [0.4, 0.5) is 4.79 Å². The molecule has 10 nitrogen and oxygen atoms in total. The Morgan fingerprint density at radius 2 is 1.39 bits per heavy atom. The number of hydrogen-bond donors (Lipinski definition) is 6. The minimum Gasteiger partial charge on any atom is -0.465 e. The molecule has 0 fully saturated rings. The van der Waals surface area contributed by atoms with Crippen molar-refractivity contribution in [3.8, 4) is 11.8 Å². The van der Waals surface area contributed by atoms with E-state index in [1.807, 2.05) is 36.4 Å². The fraction of sp³-hybridized carbons (Fsp3) is 0.214. The summed E-state index contributed by atoms with van der Waals surface area (Å²) in [6.07, 6.45) is 2.16. The third-order valence-corrected chi connectivity index (χ3v) is 5.66. The first kappa shape index (κ1) is 27.9. The molecule has 0 bridgehead atoms. The lowest BCUT2D eigenvalue weighted by molar-refractivity contribution is -0.132. The minimum absolute atomic E-state index is 0.237. The number of aromatic nitrogens is 1. The van der Waals surface area contributed by atoms with Crippen LogP contribution in [0.3, 0.4) is 0 Å². The number of rotatable bonds is 9. The average Bonchev–Trinajstić information content (AvgIpc) is 2.91. The van der Waals surface area contributed by atoms with Crippen molar-refractivity contribution in [2.24, 2.45) is 0 Å². The van der Waals surface area contributed by atoms with Gasteiger partial charge in [0, 0.05) is 42.2 Å². The van der Waals surface area contributed by atoms with Gasteiger partial charge in [-0.1, -0.05) is 24.0 Å². The summed E-state index contributed by atoms with van der Waals surface area (Å²) in [6, 6.07) is 16.9. The van der Waals surface area contributed by atoms with Crippen LogP contribution in [-0.4, -0.2) is 44.8 Å². The summed E-state index contributed by atoms with van der Waals surface area (Å²) < 4.78 is 0. The van der Waals surface area contributed by atoms with Gasteiger partial charge < -0.3 is 21.1 Å². The highest BCUT2D eigenvalue weighted by Gasteiger charge is 2.38. The third-order valence-electron chi connectivity index (χ3n) is 5.66. The highest BCUT2D eigenvalue weighted by Crippen LogP contribution is 2.12. The first-order valence-electron chi connectivity index (χ1n) is 11.7. The maximum absolute atomic E-state index is 12.7. The van der Waals surface area contributed by atoms with Crippen molar-refractivity contribution < 1.29 is 24.7 Å². The van der Waals surface area contributed by atoms with Crippen LogP contribution in [0.2, 0.25) is 0 Å². The molecule has 0 saturated heterocycles. The summed E-state index contributed by atoms with van der Waals surface area (Å²) in [5.41, 5.74) is 4.12. The standard InChI is InChI=1S/C28H29N5O5/c1-28(2,32-27(36)37)24(26(35)33-38)31-25(34)23-11-9-20(10-12-23)4-3-19-5-7-21(8-6-19)17-30-18-22-13-15-29-16-14-22/h5-16,24,30,32,38H,17-18H2,1-2H3,(H,31,34)(H,33,35)(H,36,37)/t24-/m1/s1.